The summed E-state index contributed by atoms with van der Waals surface area (Å²) in [5.74, 6) is 1.67. The molecule has 0 aliphatic rings. The van der Waals surface area contributed by atoms with Gasteiger partial charge in [0, 0.05) is 12.5 Å². The smallest absolute Gasteiger partial charge is 0.122 e. The second-order valence-corrected chi connectivity index (χ2v) is 3.76. The Balaban J connectivity index is 3.16. The maximum absolute atomic E-state index is 9.73. The minimum absolute atomic E-state index is 0.390. The van der Waals surface area contributed by atoms with Crippen molar-refractivity contribution in [1.29, 1.82) is 0 Å². The third-order valence-corrected chi connectivity index (χ3v) is 1.40. The summed E-state index contributed by atoms with van der Waals surface area (Å²) in [6.45, 7) is 2.19. The Bertz CT molecular complexity index is 154. The summed E-state index contributed by atoms with van der Waals surface area (Å²) in [6, 6.07) is 0. The van der Waals surface area contributed by atoms with Gasteiger partial charge in [-0.1, -0.05) is 0 Å². The highest BCUT2D eigenvalue weighted by atomic mass is 16.5. The van der Waals surface area contributed by atoms with Crippen molar-refractivity contribution in [1.82, 2.24) is 0 Å². The molecule has 0 aliphatic heterocycles. The second kappa shape index (κ2) is 5.95. The van der Waals surface area contributed by atoms with Crippen molar-refractivity contribution < 1.29 is 14.0 Å². The van der Waals surface area contributed by atoms with Crippen molar-refractivity contribution in [2.45, 2.75) is 6.42 Å². The van der Waals surface area contributed by atoms with Crippen LogP contribution in [0.4, 0.5) is 0 Å². The molecule has 0 atom stereocenters. The number of carbonyl (C=O) groups excluding carboxylic acids is 1. The molecule has 12 heavy (non-hydrogen) atoms. The van der Waals surface area contributed by atoms with Crippen LogP contribution in [0.15, 0.2) is 6.08 Å². The Morgan fingerprint density at radius 2 is 2.08 bits per heavy atom. The van der Waals surface area contributed by atoms with E-state index in [1.807, 2.05) is 0 Å². The van der Waals surface area contributed by atoms with Gasteiger partial charge < -0.3 is 9.22 Å². The van der Waals surface area contributed by atoms with E-state index >= 15 is 0 Å². The Hall–Kier alpha value is -0.630. The summed E-state index contributed by atoms with van der Waals surface area (Å²) in [4.78, 5) is 9.73. The van der Waals surface area contributed by atoms with Crippen LogP contribution in [-0.4, -0.2) is 51.3 Å². The highest BCUT2D eigenvalue weighted by Gasteiger charge is 2.04. The van der Waals surface area contributed by atoms with E-state index in [2.05, 4.69) is 21.1 Å². The first-order valence-corrected chi connectivity index (χ1v) is 4.14. The predicted molar refractivity (Wildman–Crippen MR) is 48.6 cm³/mol. The molecule has 0 aromatic heterocycles. The van der Waals surface area contributed by atoms with Crippen LogP contribution < -0.4 is 0 Å². The molecule has 0 radical (unpaired) electrons. The average Bonchev–Trinajstić information content (AvgIpc) is 1.94. The fourth-order valence-corrected chi connectivity index (χ4v) is 0.817. The standard InChI is InChI=1S/C9H18NO2/c1-10(2,3)6-4-8-12-9-5-7-11/h5H,4,6,8-9H2,1-3H3/q+1. The van der Waals surface area contributed by atoms with Crippen molar-refractivity contribution >= 4 is 5.94 Å². The van der Waals surface area contributed by atoms with E-state index in [4.69, 9.17) is 4.74 Å². The summed E-state index contributed by atoms with van der Waals surface area (Å²) in [5.41, 5.74) is 0. The third-order valence-electron chi connectivity index (χ3n) is 1.40. The fourth-order valence-electron chi connectivity index (χ4n) is 0.817. The topological polar surface area (TPSA) is 26.3 Å². The zero-order valence-electron chi connectivity index (χ0n) is 8.17. The SMILES string of the molecule is C[N+](C)(C)CCCOCC=C=O. The first-order chi connectivity index (χ1) is 5.56. The Kier molecular flexibility index (Phi) is 5.64. The van der Waals surface area contributed by atoms with Gasteiger partial charge in [-0.05, 0) is 0 Å². The van der Waals surface area contributed by atoms with Gasteiger partial charge in [0.2, 0.25) is 0 Å². The van der Waals surface area contributed by atoms with E-state index in [1.165, 1.54) is 6.08 Å². The lowest BCUT2D eigenvalue weighted by Gasteiger charge is -2.23. The van der Waals surface area contributed by atoms with Gasteiger partial charge in [0.25, 0.3) is 0 Å². The molecule has 0 unspecified atom stereocenters. The summed E-state index contributed by atoms with van der Waals surface area (Å²) in [5, 5.41) is 0. The van der Waals surface area contributed by atoms with E-state index in [0.717, 1.165) is 17.4 Å². The van der Waals surface area contributed by atoms with Crippen LogP contribution in [0.2, 0.25) is 0 Å². The van der Waals surface area contributed by atoms with Crippen molar-refractivity contribution in [3.05, 3.63) is 6.08 Å². The van der Waals surface area contributed by atoms with Crippen molar-refractivity contribution in [3.8, 4) is 0 Å². The van der Waals surface area contributed by atoms with E-state index in [0.29, 0.717) is 13.2 Å². The molecular weight excluding hydrogens is 154 g/mol. The summed E-state index contributed by atoms with van der Waals surface area (Å²) >= 11 is 0. The van der Waals surface area contributed by atoms with Gasteiger partial charge in [-0.15, -0.1) is 0 Å². The highest BCUT2D eigenvalue weighted by Crippen LogP contribution is 1.93. The van der Waals surface area contributed by atoms with Gasteiger partial charge in [0.15, 0.2) is 0 Å². The second-order valence-electron chi connectivity index (χ2n) is 3.76. The number of nitrogens with zero attached hydrogens (tertiary/aromatic N) is 1. The maximum atomic E-state index is 9.73. The first kappa shape index (κ1) is 11.4. The van der Waals surface area contributed by atoms with Gasteiger partial charge >= 0.3 is 0 Å². The molecule has 0 N–H and O–H groups in total. The number of ether oxygens (including phenoxy) is 1. The number of quaternary nitrogens is 1. The molecule has 0 fully saturated rings. The molecule has 0 rings (SSSR count). The quantitative estimate of drug-likeness (QED) is 0.331. The number of hydrogen-bond donors (Lipinski definition) is 0. The normalized spacial score (nSPS) is 10.9. The predicted octanol–water partition coefficient (Wildman–Crippen LogP) is 0.487. The summed E-state index contributed by atoms with van der Waals surface area (Å²) in [7, 11) is 6.43. The molecule has 0 spiro atoms. The van der Waals surface area contributed by atoms with Gasteiger partial charge in [0.05, 0.1) is 40.9 Å². The van der Waals surface area contributed by atoms with Crippen LogP contribution in [0, 0.1) is 0 Å². The summed E-state index contributed by atoms with van der Waals surface area (Å²) < 4.78 is 6.09. The molecule has 0 heterocycles. The van der Waals surface area contributed by atoms with Crippen molar-refractivity contribution in [2.24, 2.45) is 0 Å². The molecule has 0 saturated carbocycles. The van der Waals surface area contributed by atoms with Crippen LogP contribution in [0.1, 0.15) is 6.42 Å². The number of hydrogen-bond acceptors (Lipinski definition) is 2. The lowest BCUT2D eigenvalue weighted by atomic mass is 10.4. The molecule has 70 valence electrons. The third kappa shape index (κ3) is 9.37. The molecule has 0 bridgehead atoms. The van der Waals surface area contributed by atoms with Crippen molar-refractivity contribution in [3.63, 3.8) is 0 Å². The van der Waals surface area contributed by atoms with Crippen LogP contribution >= 0.6 is 0 Å². The largest absolute Gasteiger partial charge is 0.376 e. The van der Waals surface area contributed by atoms with Gasteiger partial charge in [-0.25, -0.2) is 4.79 Å². The summed E-state index contributed by atoms with van der Waals surface area (Å²) in [6.07, 6.45) is 2.38. The molecule has 3 heteroatoms. The zero-order valence-corrected chi connectivity index (χ0v) is 8.17. The van der Waals surface area contributed by atoms with Crippen LogP contribution in [-0.2, 0) is 9.53 Å². The fraction of sp³-hybridized carbons (Fsp3) is 0.778. The highest BCUT2D eigenvalue weighted by molar-refractivity contribution is 5.44. The molecule has 0 aromatic rings. The molecule has 3 nitrogen and oxygen atoms in total. The molecule has 0 aliphatic carbocycles. The van der Waals surface area contributed by atoms with E-state index < -0.39 is 0 Å². The van der Waals surface area contributed by atoms with Gasteiger partial charge in [-0.2, -0.15) is 0 Å². The minimum Gasteiger partial charge on any atom is -0.376 e. The molecule has 0 saturated heterocycles. The lowest BCUT2D eigenvalue weighted by molar-refractivity contribution is -0.870. The van der Waals surface area contributed by atoms with E-state index in [9.17, 15) is 4.79 Å². The van der Waals surface area contributed by atoms with E-state index in [1.54, 1.807) is 5.94 Å². The maximum Gasteiger partial charge on any atom is 0.122 e. The lowest BCUT2D eigenvalue weighted by Crippen LogP contribution is -2.35. The van der Waals surface area contributed by atoms with Crippen LogP contribution in [0.3, 0.4) is 0 Å². The number of rotatable bonds is 6. The monoisotopic (exact) mass is 172 g/mol. The molecular formula is C9H18NO2+. The Morgan fingerprint density at radius 1 is 1.42 bits per heavy atom. The molecule has 0 amide bonds. The van der Waals surface area contributed by atoms with Gasteiger partial charge in [-0.3, -0.25) is 0 Å². The van der Waals surface area contributed by atoms with Crippen LogP contribution in [0.5, 0.6) is 0 Å². The first-order valence-electron chi connectivity index (χ1n) is 4.14. The minimum atomic E-state index is 0.390. The molecule has 0 aromatic carbocycles. The van der Waals surface area contributed by atoms with E-state index in [-0.39, 0.29) is 0 Å². The Morgan fingerprint density at radius 3 is 2.58 bits per heavy atom. The van der Waals surface area contributed by atoms with Crippen LogP contribution in [0.25, 0.3) is 0 Å². The average molecular weight is 172 g/mol. The van der Waals surface area contributed by atoms with Crippen molar-refractivity contribution in [2.75, 3.05) is 40.9 Å². The van der Waals surface area contributed by atoms with Gasteiger partial charge in [0.1, 0.15) is 5.94 Å². The Labute approximate surface area is 74.2 Å². The zero-order chi connectivity index (χ0) is 9.45.